The summed E-state index contributed by atoms with van der Waals surface area (Å²) in [5.41, 5.74) is 2.36. The number of nitro benzene ring substituents is 1. The van der Waals surface area contributed by atoms with Crippen LogP contribution in [0.3, 0.4) is 0 Å². The van der Waals surface area contributed by atoms with Gasteiger partial charge in [0.15, 0.2) is 5.84 Å². The zero-order chi connectivity index (χ0) is 21.8. The molecule has 0 saturated heterocycles. The van der Waals surface area contributed by atoms with Gasteiger partial charge < -0.3 is 0 Å². The highest BCUT2D eigenvalue weighted by atomic mass is 79.9. The van der Waals surface area contributed by atoms with E-state index >= 15 is 0 Å². The van der Waals surface area contributed by atoms with E-state index in [-0.39, 0.29) is 17.3 Å². The standard InChI is InChI=1S/C23H15BrN4O3/c24-20-9-5-4-8-18(20)15-25-27-22(17-6-2-1-3-7-17)26-21(23(27)29)14-16-10-12-19(13-11-16)28(30)31/h1-15H/b21-14+,25-15+. The Morgan fingerprint density at radius 3 is 2.32 bits per heavy atom. The third-order valence-corrected chi connectivity index (χ3v) is 5.22. The molecular formula is C23H15BrN4O3. The molecule has 0 radical (unpaired) electrons. The largest absolute Gasteiger partial charge is 0.298 e. The number of hydrazone groups is 1. The number of nitrogens with zero attached hydrogens (tertiary/aromatic N) is 4. The van der Waals surface area contributed by atoms with Crippen LogP contribution in [-0.4, -0.2) is 27.9 Å². The normalized spacial score (nSPS) is 15.0. The van der Waals surface area contributed by atoms with E-state index in [1.54, 1.807) is 24.4 Å². The molecule has 3 aromatic rings. The highest BCUT2D eigenvalue weighted by Crippen LogP contribution is 2.24. The van der Waals surface area contributed by atoms with Crippen molar-refractivity contribution in [3.05, 3.63) is 116 Å². The highest BCUT2D eigenvalue weighted by Gasteiger charge is 2.31. The van der Waals surface area contributed by atoms with Gasteiger partial charge in [-0.05, 0) is 29.8 Å². The monoisotopic (exact) mass is 474 g/mol. The van der Waals surface area contributed by atoms with Gasteiger partial charge in [0.1, 0.15) is 5.70 Å². The van der Waals surface area contributed by atoms with Crippen molar-refractivity contribution in [2.75, 3.05) is 0 Å². The van der Waals surface area contributed by atoms with Gasteiger partial charge in [-0.3, -0.25) is 14.9 Å². The number of nitro groups is 1. The van der Waals surface area contributed by atoms with Crippen LogP contribution in [0.5, 0.6) is 0 Å². The Morgan fingerprint density at radius 2 is 1.65 bits per heavy atom. The van der Waals surface area contributed by atoms with Gasteiger partial charge in [0.2, 0.25) is 0 Å². The minimum Gasteiger partial charge on any atom is -0.265 e. The van der Waals surface area contributed by atoms with E-state index in [9.17, 15) is 14.9 Å². The van der Waals surface area contributed by atoms with Crippen LogP contribution in [0.1, 0.15) is 16.7 Å². The quantitative estimate of drug-likeness (QED) is 0.225. The molecule has 0 N–H and O–H groups in total. The Kier molecular flexibility index (Phi) is 5.81. The van der Waals surface area contributed by atoms with Gasteiger partial charge in [-0.25, -0.2) is 4.99 Å². The lowest BCUT2D eigenvalue weighted by Gasteiger charge is -2.12. The van der Waals surface area contributed by atoms with Crippen molar-refractivity contribution in [1.29, 1.82) is 0 Å². The molecule has 0 aromatic heterocycles. The van der Waals surface area contributed by atoms with Crippen LogP contribution < -0.4 is 0 Å². The zero-order valence-electron chi connectivity index (χ0n) is 16.1. The highest BCUT2D eigenvalue weighted by molar-refractivity contribution is 9.10. The maximum Gasteiger partial charge on any atom is 0.298 e. The van der Waals surface area contributed by atoms with E-state index in [0.717, 1.165) is 15.6 Å². The van der Waals surface area contributed by atoms with Gasteiger partial charge in [0, 0.05) is 27.7 Å². The SMILES string of the molecule is O=C1/C(=C\c2ccc([N+](=O)[O-])cc2)N=C(c2ccccc2)N1/N=C/c1ccccc1Br. The number of hydrogen-bond donors (Lipinski definition) is 0. The van der Waals surface area contributed by atoms with Crippen molar-refractivity contribution in [2.24, 2.45) is 10.1 Å². The van der Waals surface area contributed by atoms with Crippen LogP contribution >= 0.6 is 15.9 Å². The van der Waals surface area contributed by atoms with Crippen LogP contribution in [0.15, 0.2) is 99.1 Å². The van der Waals surface area contributed by atoms with Crippen molar-refractivity contribution < 1.29 is 9.72 Å². The minimum atomic E-state index is -0.471. The number of benzene rings is 3. The van der Waals surface area contributed by atoms with E-state index in [0.29, 0.717) is 11.4 Å². The molecule has 0 atom stereocenters. The lowest BCUT2D eigenvalue weighted by Crippen LogP contribution is -2.27. The summed E-state index contributed by atoms with van der Waals surface area (Å²) in [5, 5.41) is 16.5. The number of non-ortho nitro benzene ring substituents is 1. The summed E-state index contributed by atoms with van der Waals surface area (Å²) in [6.45, 7) is 0. The predicted molar refractivity (Wildman–Crippen MR) is 123 cm³/mol. The molecule has 0 aliphatic carbocycles. The molecule has 3 aromatic carbocycles. The van der Waals surface area contributed by atoms with Gasteiger partial charge in [0.05, 0.1) is 11.1 Å². The van der Waals surface area contributed by atoms with E-state index in [4.69, 9.17) is 0 Å². The number of carbonyl (C=O) groups is 1. The number of rotatable bonds is 5. The molecule has 0 bridgehead atoms. The molecule has 31 heavy (non-hydrogen) atoms. The van der Waals surface area contributed by atoms with Gasteiger partial charge in [-0.1, -0.05) is 64.5 Å². The first-order chi connectivity index (χ1) is 15.0. The first-order valence-corrected chi connectivity index (χ1v) is 10.1. The second kappa shape index (κ2) is 8.85. The second-order valence-corrected chi connectivity index (χ2v) is 7.42. The summed E-state index contributed by atoms with van der Waals surface area (Å²) in [4.78, 5) is 28.0. The first kappa shape index (κ1) is 20.4. The fourth-order valence-electron chi connectivity index (χ4n) is 2.94. The van der Waals surface area contributed by atoms with Crippen LogP contribution in [0.25, 0.3) is 6.08 Å². The van der Waals surface area contributed by atoms with Gasteiger partial charge in [-0.15, -0.1) is 0 Å². The number of amides is 1. The Balaban J connectivity index is 1.71. The maximum atomic E-state index is 13.1. The maximum absolute atomic E-state index is 13.1. The zero-order valence-corrected chi connectivity index (χ0v) is 17.6. The molecule has 1 aliphatic heterocycles. The Morgan fingerprint density at radius 1 is 0.968 bits per heavy atom. The van der Waals surface area contributed by atoms with Crippen LogP contribution in [0.2, 0.25) is 0 Å². The Bertz CT molecular complexity index is 1240. The third-order valence-electron chi connectivity index (χ3n) is 4.50. The van der Waals surface area contributed by atoms with E-state index in [1.165, 1.54) is 17.1 Å². The summed E-state index contributed by atoms with van der Waals surface area (Å²) in [6.07, 6.45) is 3.18. The molecule has 1 amide bonds. The summed E-state index contributed by atoms with van der Waals surface area (Å²) in [6, 6.07) is 22.7. The molecular weight excluding hydrogens is 460 g/mol. The van der Waals surface area contributed by atoms with E-state index < -0.39 is 4.92 Å². The minimum absolute atomic E-state index is 0.0203. The Hall–Kier alpha value is -3.91. The lowest BCUT2D eigenvalue weighted by molar-refractivity contribution is -0.384. The number of aliphatic imine (C=N–C) groups is 1. The molecule has 4 rings (SSSR count). The van der Waals surface area contributed by atoms with Gasteiger partial charge in [-0.2, -0.15) is 10.1 Å². The average Bonchev–Trinajstić information content (AvgIpc) is 3.09. The van der Waals surface area contributed by atoms with Crippen LogP contribution in [0.4, 0.5) is 5.69 Å². The fraction of sp³-hybridized carbons (Fsp3) is 0. The summed E-state index contributed by atoms with van der Waals surface area (Å²) >= 11 is 3.47. The van der Waals surface area contributed by atoms with Crippen molar-refractivity contribution in [2.45, 2.75) is 0 Å². The summed E-state index contributed by atoms with van der Waals surface area (Å²) in [7, 11) is 0. The van der Waals surface area contributed by atoms with E-state index in [2.05, 4.69) is 26.0 Å². The summed E-state index contributed by atoms with van der Waals surface area (Å²) in [5.74, 6) is 0.0163. The number of halogens is 1. The molecule has 0 spiro atoms. The van der Waals surface area contributed by atoms with Crippen LogP contribution in [0, 0.1) is 10.1 Å². The first-order valence-electron chi connectivity index (χ1n) is 9.26. The molecule has 8 heteroatoms. The molecule has 152 valence electrons. The van der Waals surface area contributed by atoms with Gasteiger partial charge >= 0.3 is 0 Å². The van der Waals surface area contributed by atoms with Gasteiger partial charge in [0.25, 0.3) is 11.6 Å². The van der Waals surface area contributed by atoms with E-state index in [1.807, 2.05) is 54.6 Å². The fourth-order valence-corrected chi connectivity index (χ4v) is 3.33. The van der Waals surface area contributed by atoms with Crippen molar-refractivity contribution in [1.82, 2.24) is 5.01 Å². The van der Waals surface area contributed by atoms with Crippen molar-refractivity contribution in [3.8, 4) is 0 Å². The molecule has 0 saturated carbocycles. The Labute approximate surface area is 186 Å². The number of amidine groups is 1. The topological polar surface area (TPSA) is 88.2 Å². The smallest absolute Gasteiger partial charge is 0.265 e. The molecule has 1 aliphatic rings. The number of carbonyl (C=O) groups excluding carboxylic acids is 1. The summed E-state index contributed by atoms with van der Waals surface area (Å²) < 4.78 is 0.852. The molecule has 0 unspecified atom stereocenters. The lowest BCUT2D eigenvalue weighted by atomic mass is 10.2. The average molecular weight is 475 g/mol. The molecule has 1 heterocycles. The van der Waals surface area contributed by atoms with Crippen LogP contribution in [-0.2, 0) is 4.79 Å². The molecule has 0 fully saturated rings. The van der Waals surface area contributed by atoms with Crippen molar-refractivity contribution in [3.63, 3.8) is 0 Å². The number of hydrogen-bond acceptors (Lipinski definition) is 5. The third kappa shape index (κ3) is 4.49. The van der Waals surface area contributed by atoms with Crippen molar-refractivity contribution >= 4 is 45.7 Å². The second-order valence-electron chi connectivity index (χ2n) is 6.56. The predicted octanol–water partition coefficient (Wildman–Crippen LogP) is 5.02. The molecule has 7 nitrogen and oxygen atoms in total.